The lowest BCUT2D eigenvalue weighted by Crippen LogP contribution is -2.48. The van der Waals surface area contributed by atoms with E-state index in [1.165, 1.54) is 0 Å². The third-order valence-electron chi connectivity index (χ3n) is 4.05. The predicted octanol–water partition coefficient (Wildman–Crippen LogP) is 1.12. The largest absolute Gasteiger partial charge is 0.383 e. The van der Waals surface area contributed by atoms with Crippen LogP contribution in [0, 0.1) is 0 Å². The highest BCUT2D eigenvalue weighted by Gasteiger charge is 2.28. The van der Waals surface area contributed by atoms with Gasteiger partial charge in [0.15, 0.2) is 0 Å². The molecule has 0 radical (unpaired) electrons. The zero-order valence-corrected chi connectivity index (χ0v) is 15.6. The molecular weight excluding hydrogens is 330 g/mol. The standard InChI is InChI=1S/C16H29N5O2.ClH/c1-16(2,17)11-21-7-4-5-12(10-21)14-13(9-19-20-14)15(22)18-6-8-23-3;/h9,12H,4-8,10-11,17H2,1-3H3,(H,18,22)(H,19,20);1H. The molecule has 2 heterocycles. The number of rotatable bonds is 7. The number of carbonyl (C=O) groups excluding carboxylic acids is 1. The molecule has 0 aromatic carbocycles. The molecular formula is C16H30ClN5O2. The molecule has 1 aliphatic heterocycles. The summed E-state index contributed by atoms with van der Waals surface area (Å²) in [6.45, 7) is 7.90. The number of nitrogens with two attached hydrogens (primary N) is 1. The van der Waals surface area contributed by atoms with E-state index >= 15 is 0 Å². The van der Waals surface area contributed by atoms with Gasteiger partial charge in [-0.15, -0.1) is 12.4 Å². The third kappa shape index (κ3) is 6.05. The van der Waals surface area contributed by atoms with Crippen LogP contribution in [-0.2, 0) is 4.74 Å². The summed E-state index contributed by atoms with van der Waals surface area (Å²) in [5, 5.41) is 9.97. The van der Waals surface area contributed by atoms with E-state index in [-0.39, 0.29) is 29.8 Å². The third-order valence-corrected chi connectivity index (χ3v) is 4.05. The number of methoxy groups -OCH3 is 1. The van der Waals surface area contributed by atoms with Crippen molar-refractivity contribution in [3.63, 3.8) is 0 Å². The lowest BCUT2D eigenvalue weighted by atomic mass is 9.91. The first-order chi connectivity index (χ1) is 10.9. The molecule has 1 atom stereocenters. The molecule has 1 aliphatic rings. The van der Waals surface area contributed by atoms with Crippen LogP contribution < -0.4 is 11.1 Å². The predicted molar refractivity (Wildman–Crippen MR) is 96.7 cm³/mol. The molecule has 4 N–H and O–H groups in total. The number of hydrogen-bond donors (Lipinski definition) is 3. The molecule has 1 saturated heterocycles. The maximum absolute atomic E-state index is 12.3. The van der Waals surface area contributed by atoms with Crippen molar-refractivity contribution in [3.8, 4) is 0 Å². The van der Waals surface area contributed by atoms with Crippen LogP contribution in [-0.4, -0.2) is 66.4 Å². The number of ether oxygens (including phenoxy) is 1. The smallest absolute Gasteiger partial charge is 0.254 e. The number of nitrogens with zero attached hydrogens (tertiary/aromatic N) is 2. The zero-order valence-electron chi connectivity index (χ0n) is 14.8. The van der Waals surface area contributed by atoms with Crippen LogP contribution in [0.5, 0.6) is 0 Å². The number of hydrogen-bond acceptors (Lipinski definition) is 5. The maximum atomic E-state index is 12.3. The highest BCUT2D eigenvalue weighted by molar-refractivity contribution is 5.95. The van der Waals surface area contributed by atoms with Gasteiger partial charge >= 0.3 is 0 Å². The van der Waals surface area contributed by atoms with Crippen LogP contribution in [0.2, 0.25) is 0 Å². The average molecular weight is 360 g/mol. The minimum atomic E-state index is -0.212. The molecule has 0 aliphatic carbocycles. The molecule has 1 amide bonds. The molecule has 0 spiro atoms. The Morgan fingerprint density at radius 2 is 2.33 bits per heavy atom. The zero-order chi connectivity index (χ0) is 16.9. The molecule has 1 aromatic rings. The van der Waals surface area contributed by atoms with Gasteiger partial charge in [-0.2, -0.15) is 5.10 Å². The van der Waals surface area contributed by atoms with Crippen LogP contribution in [0.3, 0.4) is 0 Å². The monoisotopic (exact) mass is 359 g/mol. The number of nitrogens with one attached hydrogen (secondary N) is 2. The molecule has 1 unspecified atom stereocenters. The maximum Gasteiger partial charge on any atom is 0.254 e. The summed E-state index contributed by atoms with van der Waals surface area (Å²) in [6.07, 6.45) is 3.77. The van der Waals surface area contributed by atoms with Crippen molar-refractivity contribution in [1.82, 2.24) is 20.4 Å². The molecule has 0 bridgehead atoms. The van der Waals surface area contributed by atoms with Crippen LogP contribution in [0.25, 0.3) is 0 Å². The van der Waals surface area contributed by atoms with Gasteiger partial charge in [0, 0.05) is 38.2 Å². The van der Waals surface area contributed by atoms with Crippen LogP contribution in [0.4, 0.5) is 0 Å². The molecule has 2 rings (SSSR count). The normalized spacial score (nSPS) is 18.9. The number of carbonyl (C=O) groups is 1. The number of aromatic amines is 1. The van der Waals surface area contributed by atoms with Gasteiger partial charge in [0.05, 0.1) is 24.1 Å². The average Bonchev–Trinajstić information content (AvgIpc) is 2.95. The van der Waals surface area contributed by atoms with Crippen LogP contribution in [0.15, 0.2) is 6.20 Å². The fourth-order valence-electron chi connectivity index (χ4n) is 3.16. The van der Waals surface area contributed by atoms with Crippen molar-refractivity contribution in [3.05, 3.63) is 17.5 Å². The van der Waals surface area contributed by atoms with E-state index in [2.05, 4.69) is 20.4 Å². The minimum absolute atomic E-state index is 0. The highest BCUT2D eigenvalue weighted by Crippen LogP contribution is 2.28. The lowest BCUT2D eigenvalue weighted by molar-refractivity contribution is 0.0934. The van der Waals surface area contributed by atoms with E-state index in [1.54, 1.807) is 13.3 Å². The van der Waals surface area contributed by atoms with Gasteiger partial charge in [-0.05, 0) is 33.2 Å². The SMILES string of the molecule is COCCNC(=O)c1cn[nH]c1C1CCCN(CC(C)(C)N)C1.Cl. The molecule has 0 saturated carbocycles. The summed E-state index contributed by atoms with van der Waals surface area (Å²) < 4.78 is 4.96. The Kier molecular flexibility index (Phi) is 8.15. The minimum Gasteiger partial charge on any atom is -0.383 e. The van der Waals surface area contributed by atoms with Crippen molar-refractivity contribution in [2.24, 2.45) is 5.73 Å². The first-order valence-corrected chi connectivity index (χ1v) is 8.22. The van der Waals surface area contributed by atoms with E-state index in [1.807, 2.05) is 13.8 Å². The Hall–Kier alpha value is -1.15. The van der Waals surface area contributed by atoms with Gasteiger partial charge in [-0.25, -0.2) is 0 Å². The number of amides is 1. The van der Waals surface area contributed by atoms with E-state index in [0.717, 1.165) is 38.2 Å². The number of aromatic nitrogens is 2. The van der Waals surface area contributed by atoms with Gasteiger partial charge < -0.3 is 20.7 Å². The van der Waals surface area contributed by atoms with Gasteiger partial charge in [-0.1, -0.05) is 0 Å². The molecule has 1 aromatic heterocycles. The number of H-pyrrole nitrogens is 1. The van der Waals surface area contributed by atoms with Crippen molar-refractivity contribution < 1.29 is 9.53 Å². The van der Waals surface area contributed by atoms with Gasteiger partial charge in [0.25, 0.3) is 5.91 Å². The van der Waals surface area contributed by atoms with E-state index in [9.17, 15) is 4.79 Å². The molecule has 7 nitrogen and oxygen atoms in total. The van der Waals surface area contributed by atoms with Gasteiger partial charge in [0.2, 0.25) is 0 Å². The molecule has 138 valence electrons. The lowest BCUT2D eigenvalue weighted by Gasteiger charge is -2.36. The fourth-order valence-corrected chi connectivity index (χ4v) is 3.16. The number of likely N-dealkylation sites (tertiary alicyclic amines) is 1. The van der Waals surface area contributed by atoms with E-state index < -0.39 is 0 Å². The second kappa shape index (κ2) is 9.36. The topological polar surface area (TPSA) is 96.3 Å². The Morgan fingerprint density at radius 1 is 1.58 bits per heavy atom. The Balaban J connectivity index is 0.00000288. The first-order valence-electron chi connectivity index (χ1n) is 8.22. The summed E-state index contributed by atoms with van der Waals surface area (Å²) in [4.78, 5) is 14.7. The summed E-state index contributed by atoms with van der Waals surface area (Å²) in [5.74, 6) is 0.193. The fraction of sp³-hybridized carbons (Fsp3) is 0.750. The van der Waals surface area contributed by atoms with Gasteiger partial charge in [-0.3, -0.25) is 9.89 Å². The second-order valence-corrected chi connectivity index (χ2v) is 7.01. The Morgan fingerprint density at radius 3 is 3.00 bits per heavy atom. The summed E-state index contributed by atoms with van der Waals surface area (Å²) in [7, 11) is 1.62. The van der Waals surface area contributed by atoms with E-state index in [4.69, 9.17) is 10.5 Å². The highest BCUT2D eigenvalue weighted by atomic mass is 35.5. The van der Waals surface area contributed by atoms with Crippen molar-refractivity contribution in [1.29, 1.82) is 0 Å². The molecule has 8 heteroatoms. The van der Waals surface area contributed by atoms with E-state index in [0.29, 0.717) is 18.7 Å². The summed E-state index contributed by atoms with van der Waals surface area (Å²) in [6, 6.07) is 0. The Labute approximate surface area is 150 Å². The first kappa shape index (κ1) is 20.9. The second-order valence-electron chi connectivity index (χ2n) is 7.01. The molecule has 1 fully saturated rings. The summed E-state index contributed by atoms with van der Waals surface area (Å²) in [5.41, 5.74) is 7.50. The number of piperidine rings is 1. The number of halogens is 1. The Bertz CT molecular complexity index is 515. The van der Waals surface area contributed by atoms with Gasteiger partial charge in [0.1, 0.15) is 0 Å². The van der Waals surface area contributed by atoms with Crippen molar-refractivity contribution in [2.45, 2.75) is 38.1 Å². The van der Waals surface area contributed by atoms with Crippen LogP contribution in [0.1, 0.15) is 48.7 Å². The van der Waals surface area contributed by atoms with Crippen LogP contribution >= 0.6 is 12.4 Å². The summed E-state index contributed by atoms with van der Waals surface area (Å²) >= 11 is 0. The molecule has 24 heavy (non-hydrogen) atoms. The van der Waals surface area contributed by atoms with Crippen molar-refractivity contribution >= 4 is 18.3 Å². The van der Waals surface area contributed by atoms with Crippen molar-refractivity contribution in [2.75, 3.05) is 39.9 Å². The quantitative estimate of drug-likeness (QED) is 0.634.